The molecule has 0 radical (unpaired) electrons. The quantitative estimate of drug-likeness (QED) is 0.810. The maximum absolute atomic E-state index is 13.4. The molecule has 0 saturated carbocycles. The van der Waals surface area contributed by atoms with Crippen LogP contribution in [0.2, 0.25) is 0 Å². The molecule has 24 heavy (non-hydrogen) atoms. The molecule has 7 heteroatoms. The van der Waals surface area contributed by atoms with E-state index in [1.807, 2.05) is 34.6 Å². The lowest BCUT2D eigenvalue weighted by atomic mass is 9.82. The second kappa shape index (κ2) is 5.67. The van der Waals surface area contributed by atoms with Crippen molar-refractivity contribution in [2.75, 3.05) is 0 Å². The van der Waals surface area contributed by atoms with Crippen LogP contribution in [0.4, 0.5) is 8.78 Å². The highest BCUT2D eigenvalue weighted by Gasteiger charge is 2.52. The van der Waals surface area contributed by atoms with Crippen LogP contribution in [-0.4, -0.2) is 28.1 Å². The minimum Gasteiger partial charge on any atom is -0.399 e. The van der Waals surface area contributed by atoms with Gasteiger partial charge in [0.25, 0.3) is 0 Å². The number of hydrogen-bond donors (Lipinski definition) is 0. The topological polar surface area (TPSA) is 36.3 Å². The van der Waals surface area contributed by atoms with Gasteiger partial charge in [-0.3, -0.25) is 4.68 Å². The maximum Gasteiger partial charge on any atom is 0.498 e. The Morgan fingerprint density at radius 2 is 1.58 bits per heavy atom. The molecule has 0 aliphatic carbocycles. The maximum atomic E-state index is 13.4. The molecule has 2 heterocycles. The molecule has 0 bridgehead atoms. The molecule has 2 aromatic rings. The van der Waals surface area contributed by atoms with E-state index in [1.54, 1.807) is 17.1 Å². The highest BCUT2D eigenvalue weighted by atomic mass is 19.1. The summed E-state index contributed by atoms with van der Waals surface area (Å²) in [7, 11) is -0.514. The predicted molar refractivity (Wildman–Crippen MR) is 88.1 cm³/mol. The third-order valence-corrected chi connectivity index (χ3v) is 4.91. The zero-order valence-electron chi connectivity index (χ0n) is 14.5. The van der Waals surface area contributed by atoms with Crippen molar-refractivity contribution in [3.05, 3.63) is 47.8 Å². The van der Waals surface area contributed by atoms with Crippen LogP contribution >= 0.6 is 0 Å². The summed E-state index contributed by atoms with van der Waals surface area (Å²) in [6, 6.07) is 3.16. The molecule has 1 aromatic carbocycles. The number of benzene rings is 1. The summed E-state index contributed by atoms with van der Waals surface area (Å²) in [6.45, 7) is 9.76. The van der Waals surface area contributed by atoms with E-state index in [4.69, 9.17) is 9.31 Å². The molecule has 1 saturated heterocycles. The summed E-state index contributed by atoms with van der Waals surface area (Å²) < 4.78 is 40.5. The number of rotatable bonds is 3. The Labute approximate surface area is 140 Å². The molecule has 1 unspecified atom stereocenters. The monoisotopic (exact) mass is 334 g/mol. The van der Waals surface area contributed by atoms with Gasteiger partial charge in [-0.2, -0.15) is 5.10 Å². The average molecular weight is 334 g/mol. The first-order chi connectivity index (χ1) is 11.1. The highest BCUT2D eigenvalue weighted by molar-refractivity contribution is 6.62. The van der Waals surface area contributed by atoms with Gasteiger partial charge in [-0.25, -0.2) is 8.78 Å². The van der Waals surface area contributed by atoms with Gasteiger partial charge in [0.2, 0.25) is 0 Å². The molecular formula is C17H21BF2N2O2. The van der Waals surface area contributed by atoms with Crippen LogP contribution in [0.3, 0.4) is 0 Å². The van der Waals surface area contributed by atoms with Crippen molar-refractivity contribution in [3.8, 4) is 0 Å². The first-order valence-corrected chi connectivity index (χ1v) is 7.95. The minimum absolute atomic E-state index is 0.314. The van der Waals surface area contributed by atoms with Gasteiger partial charge in [0.1, 0.15) is 11.6 Å². The van der Waals surface area contributed by atoms with E-state index < -0.39 is 30.0 Å². The van der Waals surface area contributed by atoms with Crippen LogP contribution in [0.15, 0.2) is 30.6 Å². The third kappa shape index (κ3) is 2.98. The van der Waals surface area contributed by atoms with E-state index in [-0.39, 0.29) is 6.04 Å². The summed E-state index contributed by atoms with van der Waals surface area (Å²) in [5, 5.41) is 4.30. The largest absolute Gasteiger partial charge is 0.498 e. The SMILES string of the molecule is CC(c1cc(F)cc(F)c1)n1cc(B2OC(C)(C)C(C)(C)O2)cn1. The molecule has 1 aromatic heterocycles. The van der Waals surface area contributed by atoms with E-state index in [1.165, 1.54) is 12.1 Å². The Balaban J connectivity index is 1.83. The number of aromatic nitrogens is 2. The number of nitrogens with zero attached hydrogens (tertiary/aromatic N) is 2. The molecule has 0 N–H and O–H groups in total. The Bertz CT molecular complexity index is 725. The molecule has 128 valence electrons. The molecule has 1 atom stereocenters. The molecule has 4 nitrogen and oxygen atoms in total. The summed E-state index contributed by atoms with van der Waals surface area (Å²) in [6.07, 6.45) is 3.45. The molecule has 1 aliphatic heterocycles. The van der Waals surface area contributed by atoms with E-state index in [9.17, 15) is 8.78 Å². The summed E-state index contributed by atoms with van der Waals surface area (Å²) in [4.78, 5) is 0. The molecule has 3 rings (SSSR count). The fourth-order valence-electron chi connectivity index (χ4n) is 2.63. The van der Waals surface area contributed by atoms with Crippen LogP contribution in [0.25, 0.3) is 0 Å². The van der Waals surface area contributed by atoms with Crippen molar-refractivity contribution in [3.63, 3.8) is 0 Å². The fourth-order valence-corrected chi connectivity index (χ4v) is 2.63. The Morgan fingerprint density at radius 1 is 1.04 bits per heavy atom. The lowest BCUT2D eigenvalue weighted by Gasteiger charge is -2.32. The van der Waals surface area contributed by atoms with E-state index in [0.717, 1.165) is 11.5 Å². The fraction of sp³-hybridized carbons (Fsp3) is 0.471. The van der Waals surface area contributed by atoms with Crippen LogP contribution in [0.1, 0.15) is 46.2 Å². The molecular weight excluding hydrogens is 313 g/mol. The molecule has 1 fully saturated rings. The van der Waals surface area contributed by atoms with Crippen LogP contribution in [-0.2, 0) is 9.31 Å². The standard InChI is InChI=1S/C17H21BF2N2O2/c1-11(12-6-14(19)8-15(20)7-12)22-10-13(9-21-22)18-23-16(2,3)17(4,5)24-18/h6-11H,1-5H3. The van der Waals surface area contributed by atoms with Crippen molar-refractivity contribution in [2.45, 2.75) is 51.9 Å². The van der Waals surface area contributed by atoms with E-state index in [0.29, 0.717) is 5.56 Å². The van der Waals surface area contributed by atoms with Gasteiger partial charge in [-0.15, -0.1) is 0 Å². The summed E-state index contributed by atoms with van der Waals surface area (Å²) in [5.74, 6) is -1.20. The Morgan fingerprint density at radius 3 is 2.12 bits per heavy atom. The van der Waals surface area contributed by atoms with Crippen molar-refractivity contribution in [1.82, 2.24) is 9.78 Å². The van der Waals surface area contributed by atoms with Crippen molar-refractivity contribution >= 4 is 12.6 Å². The number of hydrogen-bond acceptors (Lipinski definition) is 3. The lowest BCUT2D eigenvalue weighted by molar-refractivity contribution is 0.00578. The smallest absolute Gasteiger partial charge is 0.399 e. The van der Waals surface area contributed by atoms with Gasteiger partial charge in [0.15, 0.2) is 0 Å². The van der Waals surface area contributed by atoms with Crippen LogP contribution < -0.4 is 5.46 Å². The van der Waals surface area contributed by atoms with Gasteiger partial charge >= 0.3 is 7.12 Å². The van der Waals surface area contributed by atoms with Crippen molar-refractivity contribution < 1.29 is 18.1 Å². The third-order valence-electron chi connectivity index (χ3n) is 4.91. The highest BCUT2D eigenvalue weighted by Crippen LogP contribution is 2.36. The van der Waals surface area contributed by atoms with Gasteiger partial charge in [-0.05, 0) is 52.3 Å². The first kappa shape index (κ1) is 17.1. The Hall–Kier alpha value is -1.73. The zero-order chi connectivity index (χ0) is 17.7. The van der Waals surface area contributed by atoms with Crippen LogP contribution in [0, 0.1) is 11.6 Å². The van der Waals surface area contributed by atoms with Gasteiger partial charge in [0.05, 0.1) is 17.2 Å². The molecule has 0 spiro atoms. The molecule has 0 amide bonds. The van der Waals surface area contributed by atoms with Gasteiger partial charge in [0, 0.05) is 23.9 Å². The summed E-state index contributed by atoms with van der Waals surface area (Å²) >= 11 is 0. The summed E-state index contributed by atoms with van der Waals surface area (Å²) in [5.41, 5.74) is 0.419. The average Bonchev–Trinajstić information content (AvgIpc) is 3.00. The second-order valence-electron chi connectivity index (χ2n) is 7.22. The van der Waals surface area contributed by atoms with E-state index in [2.05, 4.69) is 5.10 Å². The van der Waals surface area contributed by atoms with Crippen molar-refractivity contribution in [1.29, 1.82) is 0 Å². The predicted octanol–water partition coefficient (Wildman–Crippen LogP) is 3.07. The van der Waals surface area contributed by atoms with Crippen molar-refractivity contribution in [2.24, 2.45) is 0 Å². The van der Waals surface area contributed by atoms with Crippen LogP contribution in [0.5, 0.6) is 0 Å². The minimum atomic E-state index is -0.602. The number of halogens is 2. The molecule has 1 aliphatic rings. The lowest BCUT2D eigenvalue weighted by Crippen LogP contribution is -2.41. The zero-order valence-corrected chi connectivity index (χ0v) is 14.5. The Kier molecular flexibility index (Phi) is 4.04. The van der Waals surface area contributed by atoms with Gasteiger partial charge in [-0.1, -0.05) is 0 Å². The normalized spacial score (nSPS) is 20.4. The van der Waals surface area contributed by atoms with Gasteiger partial charge < -0.3 is 9.31 Å². The van der Waals surface area contributed by atoms with E-state index >= 15 is 0 Å². The second-order valence-corrected chi connectivity index (χ2v) is 7.22. The first-order valence-electron chi connectivity index (χ1n) is 7.95.